The fourth-order valence-corrected chi connectivity index (χ4v) is 7.04. The van der Waals surface area contributed by atoms with E-state index < -0.39 is 18.1 Å². The maximum absolute atomic E-state index is 12.8. The normalized spacial score (nSPS) is 13.5. The van der Waals surface area contributed by atoms with Gasteiger partial charge in [0.2, 0.25) is 0 Å². The highest BCUT2D eigenvalue weighted by molar-refractivity contribution is 5.72. The molecule has 62 heavy (non-hydrogen) atoms. The van der Waals surface area contributed by atoms with E-state index in [9.17, 15) is 19.5 Å². The molecule has 0 saturated carbocycles. The summed E-state index contributed by atoms with van der Waals surface area (Å²) in [6, 6.07) is -0.624. The Bertz CT molecular complexity index is 1240. The molecule has 2 atom stereocenters. The third kappa shape index (κ3) is 42.1. The van der Waals surface area contributed by atoms with Gasteiger partial charge in [-0.05, 0) is 64.2 Å². The molecule has 0 spiro atoms. The molecule has 0 rings (SSSR count). The minimum Gasteiger partial charge on any atom is -0.477 e. The minimum absolute atomic E-state index is 0.0459. The van der Waals surface area contributed by atoms with Crippen LogP contribution in [0.4, 0.5) is 0 Å². The summed E-state index contributed by atoms with van der Waals surface area (Å²) in [5.41, 5.74) is 0. The number of esters is 2. The van der Waals surface area contributed by atoms with Gasteiger partial charge in [0.05, 0.1) is 34.4 Å². The molecule has 8 nitrogen and oxygen atoms in total. The number of aliphatic carboxylic acids is 1. The number of allylic oxidation sites excluding steroid dienone is 12. The summed E-state index contributed by atoms with van der Waals surface area (Å²) in [7, 11) is 5.52. The molecular weight excluding hydrogens is 775 g/mol. The van der Waals surface area contributed by atoms with E-state index in [2.05, 4.69) is 86.8 Å². The van der Waals surface area contributed by atoms with Crippen LogP contribution < -0.4 is 0 Å². The Morgan fingerprint density at radius 1 is 0.500 bits per heavy atom. The van der Waals surface area contributed by atoms with Gasteiger partial charge in [-0.2, -0.15) is 0 Å². The molecule has 0 aromatic carbocycles. The zero-order valence-corrected chi connectivity index (χ0v) is 40.6. The molecule has 356 valence electrons. The van der Waals surface area contributed by atoms with Crippen molar-refractivity contribution in [3.8, 4) is 0 Å². The Kier molecular flexibility index (Phi) is 42.1. The largest absolute Gasteiger partial charge is 0.477 e. The van der Waals surface area contributed by atoms with Gasteiger partial charge in [0.1, 0.15) is 6.61 Å². The molecule has 0 aliphatic heterocycles. The highest BCUT2D eigenvalue weighted by Gasteiger charge is 2.31. The number of hydrogen-bond donors (Lipinski definition) is 1. The molecule has 0 heterocycles. The molecule has 0 bridgehead atoms. The molecule has 0 aromatic heterocycles. The summed E-state index contributed by atoms with van der Waals surface area (Å²) in [6.45, 7) is 4.60. The number of carbonyl (C=O) groups is 3. The average Bonchev–Trinajstić information content (AvgIpc) is 3.23. The molecule has 0 aliphatic rings. The number of likely N-dealkylation sites (N-methyl/N-ethyl adjacent to an activating group) is 1. The summed E-state index contributed by atoms with van der Waals surface area (Å²) in [5, 5.41) is 9.65. The summed E-state index contributed by atoms with van der Waals surface area (Å²) in [6.07, 6.45) is 56.6. The Labute approximate surface area is 381 Å². The average molecular weight is 869 g/mol. The van der Waals surface area contributed by atoms with E-state index in [0.717, 1.165) is 83.5 Å². The standard InChI is InChI=1S/C54H93NO7/c1-6-8-10-12-14-16-18-20-22-24-25-26-27-28-29-31-33-35-37-39-41-43-45-53(57)62-50(48-60-47-46-51(54(58)59)55(3,4)5)49-61-52(56)44-42-40-38-36-34-32-30-23-21-19-17-15-13-11-9-7-2/h8,10,14,16,20,22,25-26,28-29,33,35,50-51H,6-7,9,11-13,15,17-19,21,23-24,27,30-32,34,36-49H2,1-5H3/p+1/b10-8+,16-14+,22-20+,26-25+,29-28+,35-33+. The number of ether oxygens (including phenoxy) is 3. The Balaban J connectivity index is 4.35. The maximum Gasteiger partial charge on any atom is 0.362 e. The van der Waals surface area contributed by atoms with Crippen molar-refractivity contribution in [2.24, 2.45) is 0 Å². The highest BCUT2D eigenvalue weighted by Crippen LogP contribution is 2.15. The van der Waals surface area contributed by atoms with Crippen LogP contribution in [0.2, 0.25) is 0 Å². The number of carboxylic acid groups (broad SMARTS) is 1. The first-order chi connectivity index (χ1) is 30.1. The molecule has 0 aliphatic carbocycles. The van der Waals surface area contributed by atoms with Gasteiger partial charge in [0, 0.05) is 19.3 Å². The number of nitrogens with zero attached hydrogens (tertiary/aromatic N) is 1. The van der Waals surface area contributed by atoms with E-state index >= 15 is 0 Å². The second kappa shape index (κ2) is 44.4. The molecule has 8 heteroatoms. The van der Waals surface area contributed by atoms with Crippen LogP contribution in [0.5, 0.6) is 0 Å². The van der Waals surface area contributed by atoms with E-state index in [1.165, 1.54) is 83.5 Å². The van der Waals surface area contributed by atoms with Crippen molar-refractivity contribution >= 4 is 17.9 Å². The van der Waals surface area contributed by atoms with Crippen LogP contribution in [-0.2, 0) is 28.6 Å². The topological polar surface area (TPSA) is 99.1 Å². The lowest BCUT2D eigenvalue weighted by Gasteiger charge is -2.31. The molecule has 2 unspecified atom stereocenters. The van der Waals surface area contributed by atoms with E-state index in [4.69, 9.17) is 14.2 Å². The molecule has 0 amide bonds. The van der Waals surface area contributed by atoms with E-state index in [1.807, 2.05) is 21.1 Å². The monoisotopic (exact) mass is 869 g/mol. The molecule has 1 N–H and O–H groups in total. The van der Waals surface area contributed by atoms with Crippen LogP contribution in [0.3, 0.4) is 0 Å². The van der Waals surface area contributed by atoms with Crippen molar-refractivity contribution in [2.45, 2.75) is 212 Å². The fourth-order valence-electron chi connectivity index (χ4n) is 7.04. The van der Waals surface area contributed by atoms with Gasteiger partial charge in [-0.3, -0.25) is 9.59 Å². The number of rotatable bonds is 44. The SMILES string of the molecule is CC/C=C/C/C=C/C/C=C/C/C=C/C/C=C/C/C=C/CCCCCC(=O)OC(COCCC(C(=O)O)[N+](C)(C)C)COC(=O)CCCCCCCCCCCCCCCCCC. The Morgan fingerprint density at radius 2 is 0.903 bits per heavy atom. The minimum atomic E-state index is -0.882. The van der Waals surface area contributed by atoms with Gasteiger partial charge in [0.25, 0.3) is 0 Å². The van der Waals surface area contributed by atoms with Gasteiger partial charge in [-0.15, -0.1) is 0 Å². The predicted octanol–water partition coefficient (Wildman–Crippen LogP) is 14.3. The van der Waals surface area contributed by atoms with Crippen molar-refractivity contribution in [1.29, 1.82) is 0 Å². The zero-order valence-electron chi connectivity index (χ0n) is 40.6. The van der Waals surface area contributed by atoms with Crippen molar-refractivity contribution in [3.05, 3.63) is 72.9 Å². The summed E-state index contributed by atoms with van der Waals surface area (Å²) < 4.78 is 17.3. The molecule has 0 radical (unpaired) electrons. The number of quaternary nitrogens is 1. The number of unbranched alkanes of at least 4 members (excludes halogenated alkanes) is 18. The van der Waals surface area contributed by atoms with Crippen LogP contribution in [0.15, 0.2) is 72.9 Å². The van der Waals surface area contributed by atoms with E-state index in [0.29, 0.717) is 12.8 Å². The lowest BCUT2D eigenvalue weighted by molar-refractivity contribution is -0.887. The lowest BCUT2D eigenvalue weighted by Crippen LogP contribution is -2.50. The van der Waals surface area contributed by atoms with Crippen LogP contribution in [-0.4, -0.2) is 80.6 Å². The summed E-state index contributed by atoms with van der Waals surface area (Å²) >= 11 is 0. The van der Waals surface area contributed by atoms with Crippen LogP contribution >= 0.6 is 0 Å². The van der Waals surface area contributed by atoms with Crippen molar-refractivity contribution in [3.63, 3.8) is 0 Å². The molecular formula is C54H94NO7+. The third-order valence-electron chi connectivity index (χ3n) is 10.9. The predicted molar refractivity (Wildman–Crippen MR) is 261 cm³/mol. The van der Waals surface area contributed by atoms with E-state index in [1.54, 1.807) is 0 Å². The number of carboxylic acids is 1. The van der Waals surface area contributed by atoms with Crippen LogP contribution in [0.1, 0.15) is 200 Å². The van der Waals surface area contributed by atoms with Crippen LogP contribution in [0.25, 0.3) is 0 Å². The highest BCUT2D eigenvalue weighted by atomic mass is 16.6. The molecule has 0 fully saturated rings. The molecule has 0 aromatic rings. The zero-order chi connectivity index (χ0) is 45.6. The number of carbonyl (C=O) groups excluding carboxylic acids is 2. The van der Waals surface area contributed by atoms with Gasteiger partial charge < -0.3 is 23.8 Å². The smallest absolute Gasteiger partial charge is 0.362 e. The first-order valence-corrected chi connectivity index (χ1v) is 25.0. The first kappa shape index (κ1) is 58.8. The van der Waals surface area contributed by atoms with Crippen LogP contribution in [0, 0.1) is 0 Å². The summed E-state index contributed by atoms with van der Waals surface area (Å²) in [5.74, 6) is -1.51. The first-order valence-electron chi connectivity index (χ1n) is 25.0. The maximum atomic E-state index is 12.8. The van der Waals surface area contributed by atoms with Gasteiger partial charge in [-0.25, -0.2) is 4.79 Å². The van der Waals surface area contributed by atoms with Gasteiger partial charge in [-0.1, -0.05) is 189 Å². The van der Waals surface area contributed by atoms with Crippen molar-refractivity contribution < 1.29 is 38.2 Å². The van der Waals surface area contributed by atoms with Crippen molar-refractivity contribution in [2.75, 3.05) is 41.0 Å². The Hall–Kier alpha value is -3.23. The number of hydrogen-bond acceptors (Lipinski definition) is 6. The fraction of sp³-hybridized carbons (Fsp3) is 0.722. The second-order valence-electron chi connectivity index (χ2n) is 17.7. The third-order valence-corrected chi connectivity index (χ3v) is 10.9. The second-order valence-corrected chi connectivity index (χ2v) is 17.7. The van der Waals surface area contributed by atoms with Gasteiger partial charge >= 0.3 is 17.9 Å². The van der Waals surface area contributed by atoms with Gasteiger partial charge in [0.15, 0.2) is 12.1 Å². The lowest BCUT2D eigenvalue weighted by atomic mass is 10.0. The summed E-state index contributed by atoms with van der Waals surface area (Å²) in [4.78, 5) is 37.1. The van der Waals surface area contributed by atoms with Crippen molar-refractivity contribution in [1.82, 2.24) is 0 Å². The molecule has 0 saturated heterocycles. The van der Waals surface area contributed by atoms with E-state index in [-0.39, 0.29) is 42.7 Å². The quantitative estimate of drug-likeness (QED) is 0.0282. The Morgan fingerprint density at radius 3 is 1.34 bits per heavy atom.